The zero-order chi connectivity index (χ0) is 31.1. The average molecular weight is 598 g/mol. The van der Waals surface area contributed by atoms with E-state index < -0.39 is 24.5 Å². The molecule has 0 unspecified atom stereocenters. The van der Waals surface area contributed by atoms with E-state index in [2.05, 4.69) is 38.2 Å². The number of urea groups is 1. The average Bonchev–Trinajstić information content (AvgIpc) is 3.49. The SMILES string of the molecule is Cn1nnc(-c2cccc(NC(=O)N(Cc3ccc(C(=O)NC[C@@H](O)C(=O)O)cc3)c3ccc(C4CCCCC4)cc3)c2)n1. The van der Waals surface area contributed by atoms with Crippen molar-refractivity contribution in [2.75, 3.05) is 16.8 Å². The van der Waals surface area contributed by atoms with Gasteiger partial charge in [-0.2, -0.15) is 4.80 Å². The Morgan fingerprint density at radius 1 is 1.00 bits per heavy atom. The third-order valence-electron chi connectivity index (χ3n) is 7.70. The van der Waals surface area contributed by atoms with E-state index in [1.165, 1.54) is 42.5 Å². The van der Waals surface area contributed by atoms with Crippen molar-refractivity contribution in [1.29, 1.82) is 0 Å². The van der Waals surface area contributed by atoms with E-state index >= 15 is 0 Å². The van der Waals surface area contributed by atoms with E-state index in [0.29, 0.717) is 28.6 Å². The molecule has 1 heterocycles. The lowest BCUT2D eigenvalue weighted by Gasteiger charge is -2.26. The minimum absolute atomic E-state index is 0.222. The first kappa shape index (κ1) is 30.4. The summed E-state index contributed by atoms with van der Waals surface area (Å²) in [6, 6.07) is 21.7. The minimum atomic E-state index is -1.69. The molecule has 1 aromatic heterocycles. The molecule has 12 heteroatoms. The second-order valence-electron chi connectivity index (χ2n) is 10.9. The van der Waals surface area contributed by atoms with Gasteiger partial charge in [0.1, 0.15) is 0 Å². The Balaban J connectivity index is 1.35. The molecule has 1 fully saturated rings. The fourth-order valence-electron chi connectivity index (χ4n) is 5.29. The van der Waals surface area contributed by atoms with Gasteiger partial charge in [0.25, 0.3) is 5.91 Å². The summed E-state index contributed by atoms with van der Waals surface area (Å²) < 4.78 is 0. The van der Waals surface area contributed by atoms with Gasteiger partial charge in [0, 0.05) is 22.5 Å². The van der Waals surface area contributed by atoms with Gasteiger partial charge in [-0.05, 0) is 71.5 Å². The summed E-state index contributed by atoms with van der Waals surface area (Å²) in [5.41, 5.74) is 4.35. The zero-order valence-electron chi connectivity index (χ0n) is 24.4. The van der Waals surface area contributed by atoms with Crippen LogP contribution in [0.15, 0.2) is 72.8 Å². The Hall–Kier alpha value is -5.10. The highest BCUT2D eigenvalue weighted by molar-refractivity contribution is 6.02. The molecule has 1 aliphatic rings. The van der Waals surface area contributed by atoms with E-state index in [1.54, 1.807) is 48.3 Å². The maximum absolute atomic E-state index is 13.8. The Labute approximate surface area is 254 Å². The number of carboxylic acid groups (broad SMARTS) is 1. The number of carbonyl (C=O) groups excluding carboxylic acids is 2. The largest absolute Gasteiger partial charge is 0.479 e. The van der Waals surface area contributed by atoms with Crippen molar-refractivity contribution in [2.45, 2.75) is 50.7 Å². The molecule has 12 nitrogen and oxygen atoms in total. The molecule has 0 aliphatic heterocycles. The number of rotatable bonds is 10. The van der Waals surface area contributed by atoms with Crippen molar-refractivity contribution in [1.82, 2.24) is 25.5 Å². The molecule has 1 atom stereocenters. The second-order valence-corrected chi connectivity index (χ2v) is 10.9. The predicted molar refractivity (Wildman–Crippen MR) is 164 cm³/mol. The Bertz CT molecular complexity index is 1600. The van der Waals surface area contributed by atoms with Crippen LogP contribution in [0.1, 0.15) is 59.5 Å². The number of nitrogens with one attached hydrogen (secondary N) is 2. The summed E-state index contributed by atoms with van der Waals surface area (Å²) in [5.74, 6) is -0.946. The van der Waals surface area contributed by atoms with Crippen molar-refractivity contribution in [2.24, 2.45) is 7.05 Å². The first-order valence-corrected chi connectivity index (χ1v) is 14.6. The molecular formula is C32H35N7O5. The van der Waals surface area contributed by atoms with Crippen molar-refractivity contribution >= 4 is 29.3 Å². The summed E-state index contributed by atoms with van der Waals surface area (Å²) in [6.45, 7) is -0.186. The quantitative estimate of drug-likeness (QED) is 0.210. The Kier molecular flexibility index (Phi) is 9.60. The number of hydrogen-bond acceptors (Lipinski definition) is 7. The van der Waals surface area contributed by atoms with Crippen LogP contribution in [0.5, 0.6) is 0 Å². The summed E-state index contributed by atoms with van der Waals surface area (Å²) in [6.07, 6.45) is 4.41. The van der Waals surface area contributed by atoms with Gasteiger partial charge in [0.2, 0.25) is 5.82 Å². The molecule has 4 aromatic rings. The number of aliphatic hydroxyl groups is 1. The number of aliphatic hydroxyl groups excluding tert-OH is 1. The molecule has 1 saturated carbocycles. The highest BCUT2D eigenvalue weighted by Gasteiger charge is 2.20. The van der Waals surface area contributed by atoms with Crippen LogP contribution >= 0.6 is 0 Å². The molecule has 44 heavy (non-hydrogen) atoms. The maximum Gasteiger partial charge on any atom is 0.334 e. The van der Waals surface area contributed by atoms with Crippen LogP contribution in [0.25, 0.3) is 11.4 Å². The first-order valence-electron chi connectivity index (χ1n) is 14.6. The molecule has 0 bridgehead atoms. The van der Waals surface area contributed by atoms with Crippen LogP contribution in [0, 0.1) is 0 Å². The van der Waals surface area contributed by atoms with Gasteiger partial charge >= 0.3 is 12.0 Å². The fourth-order valence-corrected chi connectivity index (χ4v) is 5.29. The van der Waals surface area contributed by atoms with Crippen LogP contribution in [-0.2, 0) is 18.4 Å². The molecule has 4 N–H and O–H groups in total. The first-order chi connectivity index (χ1) is 21.3. The summed E-state index contributed by atoms with van der Waals surface area (Å²) in [5, 5.41) is 35.8. The molecule has 3 amide bonds. The number of carboxylic acids is 1. The normalized spacial score (nSPS) is 14.0. The van der Waals surface area contributed by atoms with E-state index in [1.807, 2.05) is 24.3 Å². The van der Waals surface area contributed by atoms with Gasteiger partial charge in [0.15, 0.2) is 6.10 Å². The topological polar surface area (TPSA) is 163 Å². The zero-order valence-corrected chi connectivity index (χ0v) is 24.4. The standard InChI is InChI=1S/C32H35N7O5/c1-38-36-29(35-37-38)25-8-5-9-26(18-25)34-32(44)39(27-16-14-23(15-17-27)22-6-3-2-4-7-22)20-21-10-12-24(13-11-21)30(41)33-19-28(40)31(42)43/h5,8-18,22,28,40H,2-4,6-7,19-20H2,1H3,(H,33,41)(H,34,44)(H,42,43)/t28-/m1/s1. The van der Waals surface area contributed by atoms with E-state index in [4.69, 9.17) is 5.11 Å². The lowest BCUT2D eigenvalue weighted by Crippen LogP contribution is -2.36. The minimum Gasteiger partial charge on any atom is -0.479 e. The highest BCUT2D eigenvalue weighted by atomic mass is 16.4. The summed E-state index contributed by atoms with van der Waals surface area (Å²) >= 11 is 0. The number of carbonyl (C=O) groups is 3. The number of benzene rings is 3. The molecule has 0 radical (unpaired) electrons. The molecule has 1 aliphatic carbocycles. The van der Waals surface area contributed by atoms with Gasteiger partial charge in [-0.25, -0.2) is 9.59 Å². The van der Waals surface area contributed by atoms with Crippen LogP contribution in [-0.4, -0.2) is 61.0 Å². The third-order valence-corrected chi connectivity index (χ3v) is 7.70. The lowest BCUT2D eigenvalue weighted by atomic mass is 9.84. The summed E-state index contributed by atoms with van der Waals surface area (Å²) in [4.78, 5) is 40.0. The van der Waals surface area contributed by atoms with Crippen LogP contribution in [0.3, 0.4) is 0 Å². The van der Waals surface area contributed by atoms with Gasteiger partial charge in [0.05, 0.1) is 20.1 Å². The van der Waals surface area contributed by atoms with E-state index in [9.17, 15) is 19.5 Å². The number of amides is 3. The second kappa shape index (κ2) is 13.9. The number of anilines is 2. The number of tetrazole rings is 1. The number of aryl methyl sites for hydroxylation is 1. The van der Waals surface area contributed by atoms with Gasteiger partial charge in [-0.3, -0.25) is 9.69 Å². The molecule has 0 saturated heterocycles. The molecule has 228 valence electrons. The molecular weight excluding hydrogens is 562 g/mol. The maximum atomic E-state index is 13.8. The van der Waals surface area contributed by atoms with E-state index in [0.717, 1.165) is 11.3 Å². The lowest BCUT2D eigenvalue weighted by molar-refractivity contribution is -0.146. The third kappa shape index (κ3) is 7.64. The summed E-state index contributed by atoms with van der Waals surface area (Å²) in [7, 11) is 1.68. The monoisotopic (exact) mass is 597 g/mol. The number of nitrogens with zero attached hydrogens (tertiary/aromatic N) is 5. The fraction of sp³-hybridized carbons (Fsp3) is 0.312. The molecule has 5 rings (SSSR count). The van der Waals surface area contributed by atoms with Crippen molar-refractivity contribution in [3.8, 4) is 11.4 Å². The number of aliphatic carboxylic acids is 1. The Morgan fingerprint density at radius 3 is 2.39 bits per heavy atom. The van der Waals surface area contributed by atoms with Crippen molar-refractivity contribution in [3.05, 3.63) is 89.5 Å². The number of hydrogen-bond donors (Lipinski definition) is 4. The van der Waals surface area contributed by atoms with Crippen molar-refractivity contribution < 1.29 is 24.6 Å². The van der Waals surface area contributed by atoms with Gasteiger partial charge < -0.3 is 20.8 Å². The Morgan fingerprint density at radius 2 is 1.73 bits per heavy atom. The van der Waals surface area contributed by atoms with Crippen LogP contribution < -0.4 is 15.5 Å². The van der Waals surface area contributed by atoms with Crippen molar-refractivity contribution in [3.63, 3.8) is 0 Å². The highest BCUT2D eigenvalue weighted by Crippen LogP contribution is 2.33. The van der Waals surface area contributed by atoms with Gasteiger partial charge in [-0.1, -0.05) is 55.7 Å². The smallest absolute Gasteiger partial charge is 0.334 e. The van der Waals surface area contributed by atoms with Crippen LogP contribution in [0.4, 0.5) is 16.2 Å². The van der Waals surface area contributed by atoms with Gasteiger partial charge in [-0.15, -0.1) is 10.2 Å². The predicted octanol–water partition coefficient (Wildman–Crippen LogP) is 4.34. The van der Waals surface area contributed by atoms with Crippen LogP contribution in [0.2, 0.25) is 0 Å². The number of aromatic nitrogens is 4. The molecule has 3 aromatic carbocycles. The van der Waals surface area contributed by atoms with E-state index in [-0.39, 0.29) is 12.6 Å². The molecule has 0 spiro atoms.